The van der Waals surface area contributed by atoms with Gasteiger partial charge in [-0.25, -0.2) is 9.18 Å². The van der Waals surface area contributed by atoms with Gasteiger partial charge in [-0.2, -0.15) is 0 Å². The van der Waals surface area contributed by atoms with Crippen molar-refractivity contribution in [2.75, 3.05) is 12.4 Å². The highest BCUT2D eigenvalue weighted by atomic mass is 79.9. The molecule has 0 aliphatic rings. The van der Waals surface area contributed by atoms with Crippen LogP contribution in [0.2, 0.25) is 0 Å². The van der Waals surface area contributed by atoms with Gasteiger partial charge in [-0.15, -0.1) is 0 Å². The molecule has 0 spiro atoms. The van der Waals surface area contributed by atoms with Crippen LogP contribution in [0.4, 0.5) is 10.1 Å². The lowest BCUT2D eigenvalue weighted by Crippen LogP contribution is -2.22. The topological polar surface area (TPSA) is 38.3 Å². The summed E-state index contributed by atoms with van der Waals surface area (Å²) in [7, 11) is 1.32. The summed E-state index contributed by atoms with van der Waals surface area (Å²) in [5.41, 5.74) is 1.36. The third-order valence-electron chi connectivity index (χ3n) is 2.85. The zero-order chi connectivity index (χ0) is 15.4. The number of hydrogen-bond donors (Lipinski definition) is 1. The molecule has 0 saturated carbocycles. The minimum Gasteiger partial charge on any atom is -0.467 e. The summed E-state index contributed by atoms with van der Waals surface area (Å²) in [6.45, 7) is 0. The molecule has 0 heterocycles. The molecule has 2 aromatic carbocycles. The molecule has 0 saturated heterocycles. The first-order chi connectivity index (χ1) is 10.0. The van der Waals surface area contributed by atoms with Crippen molar-refractivity contribution in [3.63, 3.8) is 0 Å². The highest BCUT2D eigenvalue weighted by Crippen LogP contribution is 2.26. The second-order valence-corrected chi connectivity index (χ2v) is 6.05. The molecule has 0 aliphatic carbocycles. The first-order valence-corrected chi connectivity index (χ1v) is 7.64. The lowest BCUT2D eigenvalue weighted by Gasteiger charge is -2.18. The van der Waals surface area contributed by atoms with Crippen molar-refractivity contribution < 1.29 is 13.9 Å². The van der Waals surface area contributed by atoms with Crippen LogP contribution in [0.25, 0.3) is 0 Å². The van der Waals surface area contributed by atoms with Crippen molar-refractivity contribution in [2.45, 2.75) is 6.04 Å². The zero-order valence-electron chi connectivity index (χ0n) is 11.1. The second-order valence-electron chi connectivity index (χ2n) is 4.28. The van der Waals surface area contributed by atoms with E-state index < -0.39 is 12.0 Å². The van der Waals surface area contributed by atoms with Gasteiger partial charge >= 0.3 is 5.97 Å². The lowest BCUT2D eigenvalue weighted by atomic mass is 10.1. The van der Waals surface area contributed by atoms with Crippen molar-refractivity contribution >= 4 is 43.5 Å². The van der Waals surface area contributed by atoms with Gasteiger partial charge in [-0.1, -0.05) is 28.1 Å². The lowest BCUT2D eigenvalue weighted by molar-refractivity contribution is -0.141. The van der Waals surface area contributed by atoms with E-state index in [4.69, 9.17) is 4.74 Å². The number of anilines is 1. The Bertz CT molecular complexity index is 664. The number of halogens is 3. The number of ether oxygens (including phenoxy) is 1. The molecule has 2 rings (SSSR count). The Hall–Kier alpha value is -1.40. The van der Waals surface area contributed by atoms with Gasteiger partial charge < -0.3 is 10.1 Å². The van der Waals surface area contributed by atoms with Crippen LogP contribution in [0.15, 0.2) is 51.4 Å². The Labute approximate surface area is 138 Å². The number of carbonyl (C=O) groups is 1. The molecule has 110 valence electrons. The van der Waals surface area contributed by atoms with Crippen LogP contribution < -0.4 is 5.32 Å². The summed E-state index contributed by atoms with van der Waals surface area (Å²) in [5.74, 6) is -0.835. The standard InChI is InChI=1S/C15H12Br2FNO2/c1-21-15(20)14(9-5-6-13(18)12(17)7-9)19-11-4-2-3-10(16)8-11/h2-8,14,19H,1H3. The molecule has 1 N–H and O–H groups in total. The first-order valence-electron chi connectivity index (χ1n) is 6.06. The molecular formula is C15H12Br2FNO2. The molecule has 1 atom stereocenters. The third kappa shape index (κ3) is 4.04. The molecule has 0 bridgehead atoms. The van der Waals surface area contributed by atoms with Crippen molar-refractivity contribution in [2.24, 2.45) is 0 Å². The number of carbonyl (C=O) groups excluding carboxylic acids is 1. The Kier molecular flexibility index (Phi) is 5.36. The molecular weight excluding hydrogens is 405 g/mol. The summed E-state index contributed by atoms with van der Waals surface area (Å²) in [6, 6.07) is 11.1. The van der Waals surface area contributed by atoms with Crippen LogP contribution in [-0.2, 0) is 9.53 Å². The maximum absolute atomic E-state index is 13.3. The van der Waals surface area contributed by atoms with E-state index in [1.165, 1.54) is 13.2 Å². The van der Waals surface area contributed by atoms with Crippen LogP contribution in [-0.4, -0.2) is 13.1 Å². The largest absolute Gasteiger partial charge is 0.467 e. The average Bonchev–Trinajstić information content (AvgIpc) is 2.47. The van der Waals surface area contributed by atoms with Crippen LogP contribution in [0.3, 0.4) is 0 Å². The normalized spacial score (nSPS) is 11.8. The van der Waals surface area contributed by atoms with E-state index in [0.717, 1.165) is 10.2 Å². The quantitative estimate of drug-likeness (QED) is 0.735. The minimum atomic E-state index is -0.721. The van der Waals surface area contributed by atoms with Gasteiger partial charge in [0.2, 0.25) is 0 Å². The molecule has 6 heteroatoms. The monoisotopic (exact) mass is 415 g/mol. The number of benzene rings is 2. The molecule has 0 aliphatic heterocycles. The Balaban J connectivity index is 2.34. The summed E-state index contributed by atoms with van der Waals surface area (Å²) >= 11 is 6.49. The maximum Gasteiger partial charge on any atom is 0.332 e. The Morgan fingerprint density at radius 3 is 2.62 bits per heavy atom. The number of methoxy groups -OCH3 is 1. The summed E-state index contributed by atoms with van der Waals surface area (Å²) < 4.78 is 19.3. The molecule has 3 nitrogen and oxygen atoms in total. The molecule has 0 fully saturated rings. The van der Waals surface area contributed by atoms with Gasteiger partial charge in [-0.3, -0.25) is 0 Å². The van der Waals surface area contributed by atoms with E-state index in [-0.39, 0.29) is 5.82 Å². The zero-order valence-corrected chi connectivity index (χ0v) is 14.2. The van der Waals surface area contributed by atoms with E-state index in [0.29, 0.717) is 10.0 Å². The number of esters is 1. The molecule has 2 aromatic rings. The molecule has 0 radical (unpaired) electrons. The van der Waals surface area contributed by atoms with Gasteiger partial charge in [0.1, 0.15) is 5.82 Å². The fourth-order valence-electron chi connectivity index (χ4n) is 1.83. The number of nitrogens with one attached hydrogen (secondary N) is 1. The van der Waals surface area contributed by atoms with Crippen molar-refractivity contribution in [1.29, 1.82) is 0 Å². The van der Waals surface area contributed by atoms with E-state index in [2.05, 4.69) is 37.2 Å². The number of hydrogen-bond acceptors (Lipinski definition) is 3. The van der Waals surface area contributed by atoms with Crippen LogP contribution in [0.5, 0.6) is 0 Å². The predicted molar refractivity (Wildman–Crippen MR) is 86.6 cm³/mol. The summed E-state index contributed by atoms with van der Waals surface area (Å²) in [4.78, 5) is 12.0. The van der Waals surface area contributed by atoms with Gasteiger partial charge in [0, 0.05) is 10.2 Å². The van der Waals surface area contributed by atoms with Crippen molar-refractivity contribution in [1.82, 2.24) is 0 Å². The fraction of sp³-hybridized carbons (Fsp3) is 0.133. The Morgan fingerprint density at radius 1 is 1.24 bits per heavy atom. The smallest absolute Gasteiger partial charge is 0.332 e. The molecule has 0 amide bonds. The van der Waals surface area contributed by atoms with E-state index in [1.807, 2.05) is 24.3 Å². The van der Waals surface area contributed by atoms with E-state index in [9.17, 15) is 9.18 Å². The fourth-order valence-corrected chi connectivity index (χ4v) is 2.63. The van der Waals surface area contributed by atoms with Gasteiger partial charge in [0.15, 0.2) is 6.04 Å². The number of rotatable bonds is 4. The second kappa shape index (κ2) is 7.04. The van der Waals surface area contributed by atoms with Gasteiger partial charge in [0.05, 0.1) is 11.6 Å². The van der Waals surface area contributed by atoms with Crippen LogP contribution in [0.1, 0.15) is 11.6 Å². The average molecular weight is 417 g/mol. The summed E-state index contributed by atoms with van der Waals surface area (Å²) in [5, 5.41) is 3.09. The molecule has 1 unspecified atom stereocenters. The summed E-state index contributed by atoms with van der Waals surface area (Å²) in [6.07, 6.45) is 0. The van der Waals surface area contributed by atoms with Crippen LogP contribution in [0, 0.1) is 5.82 Å². The van der Waals surface area contributed by atoms with Crippen LogP contribution >= 0.6 is 31.9 Å². The highest BCUT2D eigenvalue weighted by molar-refractivity contribution is 9.10. The first kappa shape index (κ1) is 16.0. The Morgan fingerprint density at radius 2 is 2.00 bits per heavy atom. The third-order valence-corrected chi connectivity index (χ3v) is 3.95. The molecule has 0 aromatic heterocycles. The SMILES string of the molecule is COC(=O)C(Nc1cccc(Br)c1)c1ccc(F)c(Br)c1. The highest BCUT2D eigenvalue weighted by Gasteiger charge is 2.22. The van der Waals surface area contributed by atoms with E-state index >= 15 is 0 Å². The predicted octanol–water partition coefficient (Wildman–Crippen LogP) is 4.68. The maximum atomic E-state index is 13.3. The van der Waals surface area contributed by atoms with Crippen molar-refractivity contribution in [3.8, 4) is 0 Å². The van der Waals surface area contributed by atoms with Crippen molar-refractivity contribution in [3.05, 3.63) is 62.8 Å². The van der Waals surface area contributed by atoms with E-state index in [1.54, 1.807) is 12.1 Å². The van der Waals surface area contributed by atoms with Gasteiger partial charge in [0.25, 0.3) is 0 Å². The van der Waals surface area contributed by atoms with Gasteiger partial charge in [-0.05, 0) is 51.8 Å². The minimum absolute atomic E-state index is 0.296. The molecule has 21 heavy (non-hydrogen) atoms.